The van der Waals surface area contributed by atoms with E-state index >= 15 is 0 Å². The van der Waals surface area contributed by atoms with Crippen LogP contribution in [0.1, 0.15) is 26.2 Å². The summed E-state index contributed by atoms with van der Waals surface area (Å²) in [7, 11) is 0. The Morgan fingerprint density at radius 3 is 2.25 bits per heavy atom. The molecule has 112 valence electrons. The lowest BCUT2D eigenvalue weighted by molar-refractivity contribution is -0.139. The lowest BCUT2D eigenvalue weighted by atomic mass is 10.2. The molecule has 1 saturated heterocycles. The van der Waals surface area contributed by atoms with Crippen LogP contribution < -0.4 is 5.32 Å². The van der Waals surface area contributed by atoms with Crippen molar-refractivity contribution in [3.05, 3.63) is 0 Å². The van der Waals surface area contributed by atoms with Crippen molar-refractivity contribution in [2.45, 2.75) is 32.2 Å². The summed E-state index contributed by atoms with van der Waals surface area (Å²) in [4.78, 5) is 37.9. The van der Waals surface area contributed by atoms with E-state index in [0.29, 0.717) is 32.6 Å². The normalized spacial score (nSPS) is 21.1. The van der Waals surface area contributed by atoms with Crippen molar-refractivity contribution < 1.29 is 19.5 Å². The minimum absolute atomic E-state index is 0.00801. The van der Waals surface area contributed by atoms with Gasteiger partial charge in [-0.3, -0.25) is 4.79 Å². The van der Waals surface area contributed by atoms with Gasteiger partial charge in [-0.05, 0) is 25.2 Å². The number of carbonyl (C=O) groups is 3. The van der Waals surface area contributed by atoms with Gasteiger partial charge in [0.1, 0.15) is 6.04 Å². The first-order valence-corrected chi connectivity index (χ1v) is 7.03. The fraction of sp³-hybridized carbons (Fsp3) is 0.769. The Labute approximate surface area is 117 Å². The highest BCUT2D eigenvalue weighted by molar-refractivity contribution is 5.83. The zero-order chi connectivity index (χ0) is 14.7. The average Bonchev–Trinajstić information content (AvgIpc) is 3.20. The number of carboxylic acid groups (broad SMARTS) is 1. The van der Waals surface area contributed by atoms with E-state index in [0.717, 1.165) is 12.8 Å². The van der Waals surface area contributed by atoms with E-state index in [1.165, 1.54) is 6.92 Å². The zero-order valence-corrected chi connectivity index (χ0v) is 11.7. The van der Waals surface area contributed by atoms with Gasteiger partial charge in [-0.2, -0.15) is 0 Å². The summed E-state index contributed by atoms with van der Waals surface area (Å²) in [5.74, 6) is -0.896. The molecule has 20 heavy (non-hydrogen) atoms. The molecule has 0 bridgehead atoms. The van der Waals surface area contributed by atoms with Crippen LogP contribution in [0.15, 0.2) is 0 Å². The Morgan fingerprint density at radius 1 is 1.10 bits per heavy atom. The fourth-order valence-electron chi connectivity index (χ4n) is 2.47. The van der Waals surface area contributed by atoms with E-state index in [4.69, 9.17) is 5.11 Å². The quantitative estimate of drug-likeness (QED) is 0.769. The highest BCUT2D eigenvalue weighted by Gasteiger charge is 2.38. The van der Waals surface area contributed by atoms with Gasteiger partial charge in [0.2, 0.25) is 5.91 Å². The molecule has 3 amide bonds. The van der Waals surface area contributed by atoms with Crippen molar-refractivity contribution in [3.63, 3.8) is 0 Å². The van der Waals surface area contributed by atoms with Gasteiger partial charge >= 0.3 is 12.0 Å². The second-order valence-electron chi connectivity index (χ2n) is 5.45. The monoisotopic (exact) mass is 283 g/mol. The van der Waals surface area contributed by atoms with E-state index in [1.54, 1.807) is 9.80 Å². The standard InChI is InChI=1S/C13H21N3O4/c1-9(17)15-5-2-6-16(8-7-15)13(20)14-11(12(18)19)10-3-4-10/h10-11H,2-8H2,1H3,(H,14,20)(H,18,19). The predicted octanol–water partition coefficient (Wildman–Crippen LogP) is 0.113. The molecule has 0 spiro atoms. The molecule has 7 heteroatoms. The van der Waals surface area contributed by atoms with E-state index in [9.17, 15) is 14.4 Å². The van der Waals surface area contributed by atoms with Crippen molar-refractivity contribution in [1.82, 2.24) is 15.1 Å². The Kier molecular flexibility index (Phi) is 4.46. The molecule has 1 aliphatic carbocycles. The first-order valence-electron chi connectivity index (χ1n) is 7.03. The molecule has 0 aromatic rings. The summed E-state index contributed by atoms with van der Waals surface area (Å²) in [6, 6.07) is -1.12. The van der Waals surface area contributed by atoms with Crippen molar-refractivity contribution >= 4 is 17.9 Å². The first-order chi connectivity index (χ1) is 9.49. The van der Waals surface area contributed by atoms with E-state index in [-0.39, 0.29) is 17.9 Å². The smallest absolute Gasteiger partial charge is 0.326 e. The number of nitrogens with zero attached hydrogens (tertiary/aromatic N) is 2. The number of nitrogens with one attached hydrogen (secondary N) is 1. The maximum atomic E-state index is 12.1. The van der Waals surface area contributed by atoms with Crippen LogP contribution >= 0.6 is 0 Å². The van der Waals surface area contributed by atoms with Crippen LogP contribution in [-0.4, -0.2) is 65.0 Å². The van der Waals surface area contributed by atoms with Gasteiger partial charge in [0.15, 0.2) is 0 Å². The number of hydrogen-bond donors (Lipinski definition) is 2. The summed E-state index contributed by atoms with van der Waals surface area (Å²) in [5, 5.41) is 11.7. The molecule has 2 rings (SSSR count). The average molecular weight is 283 g/mol. The molecule has 0 aromatic heterocycles. The third-order valence-electron chi connectivity index (χ3n) is 3.87. The minimum Gasteiger partial charge on any atom is -0.480 e. The molecular weight excluding hydrogens is 262 g/mol. The molecule has 1 aliphatic heterocycles. The molecule has 2 N–H and O–H groups in total. The van der Waals surface area contributed by atoms with Crippen LogP contribution in [0.2, 0.25) is 0 Å². The van der Waals surface area contributed by atoms with Crippen LogP contribution in [0, 0.1) is 5.92 Å². The Balaban J connectivity index is 1.88. The number of aliphatic carboxylic acids is 1. The van der Waals surface area contributed by atoms with Crippen LogP contribution in [0.3, 0.4) is 0 Å². The second kappa shape index (κ2) is 6.11. The highest BCUT2D eigenvalue weighted by Crippen LogP contribution is 2.32. The molecule has 2 fully saturated rings. The lowest BCUT2D eigenvalue weighted by Crippen LogP contribution is -2.49. The van der Waals surface area contributed by atoms with Crippen LogP contribution in [-0.2, 0) is 9.59 Å². The van der Waals surface area contributed by atoms with Crippen molar-refractivity contribution in [1.29, 1.82) is 0 Å². The lowest BCUT2D eigenvalue weighted by Gasteiger charge is -2.24. The number of rotatable bonds is 3. The third-order valence-corrected chi connectivity index (χ3v) is 3.87. The first kappa shape index (κ1) is 14.6. The maximum absolute atomic E-state index is 12.1. The predicted molar refractivity (Wildman–Crippen MR) is 71.1 cm³/mol. The molecule has 1 heterocycles. The van der Waals surface area contributed by atoms with E-state index < -0.39 is 12.0 Å². The maximum Gasteiger partial charge on any atom is 0.326 e. The Bertz CT molecular complexity index is 408. The summed E-state index contributed by atoms with van der Waals surface area (Å²) in [6.45, 7) is 3.66. The van der Waals surface area contributed by atoms with Crippen molar-refractivity contribution in [3.8, 4) is 0 Å². The van der Waals surface area contributed by atoms with Gasteiger partial charge in [0.25, 0.3) is 0 Å². The van der Waals surface area contributed by atoms with Crippen LogP contribution in [0.25, 0.3) is 0 Å². The number of amides is 3. The molecule has 1 unspecified atom stereocenters. The summed E-state index contributed by atoms with van der Waals surface area (Å²) in [5.41, 5.74) is 0. The molecule has 0 radical (unpaired) electrons. The van der Waals surface area contributed by atoms with Crippen LogP contribution in [0.4, 0.5) is 4.79 Å². The van der Waals surface area contributed by atoms with Gasteiger partial charge in [-0.25, -0.2) is 9.59 Å². The molecule has 1 atom stereocenters. The van der Waals surface area contributed by atoms with Gasteiger partial charge in [0.05, 0.1) is 0 Å². The largest absolute Gasteiger partial charge is 0.480 e. The SMILES string of the molecule is CC(=O)N1CCCN(C(=O)NC(C(=O)O)C2CC2)CC1. The summed E-state index contributed by atoms with van der Waals surface area (Å²) in [6.07, 6.45) is 2.43. The van der Waals surface area contributed by atoms with Gasteiger partial charge in [-0.1, -0.05) is 0 Å². The number of urea groups is 1. The van der Waals surface area contributed by atoms with Gasteiger partial charge in [0, 0.05) is 33.1 Å². The number of hydrogen-bond acceptors (Lipinski definition) is 3. The number of carboxylic acids is 1. The second-order valence-corrected chi connectivity index (χ2v) is 5.45. The Hall–Kier alpha value is -1.79. The molecule has 7 nitrogen and oxygen atoms in total. The number of carbonyl (C=O) groups excluding carboxylic acids is 2. The van der Waals surface area contributed by atoms with Gasteiger partial charge in [-0.15, -0.1) is 0 Å². The molecule has 0 aromatic carbocycles. The molecular formula is C13H21N3O4. The van der Waals surface area contributed by atoms with E-state index in [2.05, 4.69) is 5.32 Å². The van der Waals surface area contributed by atoms with Crippen molar-refractivity contribution in [2.75, 3.05) is 26.2 Å². The molecule has 2 aliphatic rings. The highest BCUT2D eigenvalue weighted by atomic mass is 16.4. The third kappa shape index (κ3) is 3.61. The Morgan fingerprint density at radius 2 is 1.70 bits per heavy atom. The zero-order valence-electron chi connectivity index (χ0n) is 11.7. The fourth-order valence-corrected chi connectivity index (χ4v) is 2.47. The van der Waals surface area contributed by atoms with Gasteiger partial charge < -0.3 is 20.2 Å². The molecule has 1 saturated carbocycles. The van der Waals surface area contributed by atoms with E-state index in [1.807, 2.05) is 0 Å². The minimum atomic E-state index is -0.971. The topological polar surface area (TPSA) is 90.0 Å². The summed E-state index contributed by atoms with van der Waals surface area (Å²) < 4.78 is 0. The summed E-state index contributed by atoms with van der Waals surface area (Å²) >= 11 is 0. The van der Waals surface area contributed by atoms with Crippen LogP contribution in [0.5, 0.6) is 0 Å². The van der Waals surface area contributed by atoms with Crippen molar-refractivity contribution in [2.24, 2.45) is 5.92 Å².